The van der Waals surface area contributed by atoms with Gasteiger partial charge in [-0.15, -0.1) is 0 Å². The number of esters is 1. The molecule has 0 spiro atoms. The van der Waals surface area contributed by atoms with Gasteiger partial charge in [-0.05, 0) is 30.5 Å². The Morgan fingerprint density at radius 2 is 1.81 bits per heavy atom. The molecule has 166 valence electrons. The Hall–Kier alpha value is -3.45. The number of amides is 1. The number of carbonyl (C=O) groups is 2. The molecule has 0 aliphatic carbocycles. The molecule has 2 N–H and O–H groups in total. The second-order valence-corrected chi connectivity index (χ2v) is 7.92. The predicted octanol–water partition coefficient (Wildman–Crippen LogP) is 3.23. The number of ether oxygens (including phenoxy) is 1. The van der Waals surface area contributed by atoms with Crippen LogP contribution in [0.4, 0.5) is 0 Å². The van der Waals surface area contributed by atoms with Crippen LogP contribution in [0.1, 0.15) is 46.3 Å². The van der Waals surface area contributed by atoms with Gasteiger partial charge in [0.05, 0.1) is 0 Å². The Morgan fingerprint density at radius 1 is 1.09 bits per heavy atom. The van der Waals surface area contributed by atoms with Crippen LogP contribution in [0.5, 0.6) is 0 Å². The topological polar surface area (TPSA) is 93.5 Å². The minimum atomic E-state index is -0.842. The summed E-state index contributed by atoms with van der Waals surface area (Å²) in [6.07, 6.45) is 3.68. The summed E-state index contributed by atoms with van der Waals surface area (Å²) >= 11 is 0. The van der Waals surface area contributed by atoms with Crippen LogP contribution in [0, 0.1) is 0 Å². The molecule has 1 fully saturated rings. The van der Waals surface area contributed by atoms with E-state index in [0.717, 1.165) is 37.1 Å². The standard InChI is InChI=1S/C25H27N3O4/c29-23(22-17-31-24(28-22)20-12-7-13-26-15-20)27-21(14-18-8-3-1-4-9-18)25(30)32-16-19-10-5-2-6-11-19/h1-6,8-11,17,20-21,26H,7,12-16H2,(H,27,29). The summed E-state index contributed by atoms with van der Waals surface area (Å²) in [6, 6.07) is 18.1. The van der Waals surface area contributed by atoms with Gasteiger partial charge in [0.2, 0.25) is 0 Å². The summed E-state index contributed by atoms with van der Waals surface area (Å²) in [7, 11) is 0. The van der Waals surface area contributed by atoms with Crippen LogP contribution < -0.4 is 10.6 Å². The quantitative estimate of drug-likeness (QED) is 0.530. The molecular formula is C25H27N3O4. The van der Waals surface area contributed by atoms with Gasteiger partial charge in [0.1, 0.15) is 18.9 Å². The van der Waals surface area contributed by atoms with Crippen molar-refractivity contribution in [2.75, 3.05) is 13.1 Å². The summed E-state index contributed by atoms with van der Waals surface area (Å²) in [5, 5.41) is 6.09. The van der Waals surface area contributed by atoms with Crippen molar-refractivity contribution in [1.29, 1.82) is 0 Å². The lowest BCUT2D eigenvalue weighted by atomic mass is 10.00. The van der Waals surface area contributed by atoms with Gasteiger partial charge in [-0.25, -0.2) is 9.78 Å². The van der Waals surface area contributed by atoms with Gasteiger partial charge < -0.3 is 19.8 Å². The predicted molar refractivity (Wildman–Crippen MR) is 119 cm³/mol. The smallest absolute Gasteiger partial charge is 0.329 e. The molecule has 7 heteroatoms. The SMILES string of the molecule is O=C(NC(Cc1ccccc1)C(=O)OCc1ccccc1)c1coc(C2CCCNC2)n1. The molecule has 0 bridgehead atoms. The first-order valence-electron chi connectivity index (χ1n) is 10.9. The zero-order chi connectivity index (χ0) is 22.2. The van der Waals surface area contributed by atoms with Crippen molar-refractivity contribution in [2.45, 2.75) is 37.8 Å². The molecule has 7 nitrogen and oxygen atoms in total. The molecule has 2 unspecified atom stereocenters. The summed E-state index contributed by atoms with van der Waals surface area (Å²) < 4.78 is 11.1. The number of hydrogen-bond donors (Lipinski definition) is 2. The first kappa shape index (κ1) is 21.8. The number of rotatable bonds is 8. The summed E-state index contributed by atoms with van der Waals surface area (Å²) in [6.45, 7) is 1.91. The highest BCUT2D eigenvalue weighted by Crippen LogP contribution is 2.22. The second-order valence-electron chi connectivity index (χ2n) is 7.92. The van der Waals surface area contributed by atoms with Crippen molar-refractivity contribution in [3.63, 3.8) is 0 Å². The van der Waals surface area contributed by atoms with E-state index in [2.05, 4.69) is 15.6 Å². The molecule has 0 saturated carbocycles. The molecule has 0 radical (unpaired) electrons. The van der Waals surface area contributed by atoms with Crippen molar-refractivity contribution in [1.82, 2.24) is 15.6 Å². The molecule has 4 rings (SSSR count). The van der Waals surface area contributed by atoms with Gasteiger partial charge in [0.15, 0.2) is 11.6 Å². The molecule has 3 aromatic rings. The first-order chi connectivity index (χ1) is 15.7. The van der Waals surface area contributed by atoms with Gasteiger partial charge in [-0.2, -0.15) is 0 Å². The highest BCUT2D eigenvalue weighted by molar-refractivity contribution is 5.95. The van der Waals surface area contributed by atoms with E-state index in [1.54, 1.807) is 0 Å². The number of nitrogens with zero attached hydrogens (tertiary/aromatic N) is 1. The fourth-order valence-corrected chi connectivity index (χ4v) is 3.75. The minimum Gasteiger partial charge on any atom is -0.459 e. The number of aromatic nitrogens is 1. The van der Waals surface area contributed by atoms with Gasteiger partial charge in [-0.3, -0.25) is 4.79 Å². The normalized spacial score (nSPS) is 16.8. The van der Waals surface area contributed by atoms with Crippen LogP contribution in [0.2, 0.25) is 0 Å². The van der Waals surface area contributed by atoms with Crippen LogP contribution in [0.15, 0.2) is 71.3 Å². The third kappa shape index (κ3) is 5.82. The van der Waals surface area contributed by atoms with Crippen LogP contribution >= 0.6 is 0 Å². The molecule has 2 aromatic carbocycles. The third-order valence-corrected chi connectivity index (χ3v) is 5.50. The van der Waals surface area contributed by atoms with E-state index in [-0.39, 0.29) is 18.2 Å². The van der Waals surface area contributed by atoms with E-state index in [1.807, 2.05) is 60.7 Å². The zero-order valence-corrected chi connectivity index (χ0v) is 17.8. The number of piperidine rings is 1. The molecule has 1 aliphatic heterocycles. The summed E-state index contributed by atoms with van der Waals surface area (Å²) in [5.74, 6) is -0.248. The Morgan fingerprint density at radius 3 is 2.50 bits per heavy atom. The molecule has 2 atom stereocenters. The largest absolute Gasteiger partial charge is 0.459 e. The van der Waals surface area contributed by atoms with E-state index in [4.69, 9.17) is 9.15 Å². The Balaban J connectivity index is 1.43. The maximum Gasteiger partial charge on any atom is 0.329 e. The van der Waals surface area contributed by atoms with E-state index >= 15 is 0 Å². The number of carbonyl (C=O) groups excluding carboxylic acids is 2. The minimum absolute atomic E-state index is 0.142. The Labute approximate surface area is 187 Å². The van der Waals surface area contributed by atoms with E-state index in [9.17, 15) is 9.59 Å². The molecule has 1 saturated heterocycles. The zero-order valence-electron chi connectivity index (χ0n) is 17.8. The second kappa shape index (κ2) is 10.7. The van der Waals surface area contributed by atoms with Crippen LogP contribution in [-0.2, 0) is 22.6 Å². The van der Waals surface area contributed by atoms with Gasteiger partial charge in [-0.1, -0.05) is 60.7 Å². The maximum absolute atomic E-state index is 12.9. The highest BCUT2D eigenvalue weighted by atomic mass is 16.5. The number of nitrogens with one attached hydrogen (secondary N) is 2. The third-order valence-electron chi connectivity index (χ3n) is 5.50. The lowest BCUT2D eigenvalue weighted by Gasteiger charge is -2.19. The Kier molecular flexibility index (Phi) is 7.30. The number of benzene rings is 2. The molecular weight excluding hydrogens is 406 g/mol. The van der Waals surface area contributed by atoms with Crippen LogP contribution in [0.3, 0.4) is 0 Å². The van der Waals surface area contributed by atoms with Crippen LogP contribution in [0.25, 0.3) is 0 Å². The van der Waals surface area contributed by atoms with Gasteiger partial charge in [0, 0.05) is 18.9 Å². The van der Waals surface area contributed by atoms with Crippen molar-refractivity contribution >= 4 is 11.9 Å². The average Bonchev–Trinajstić information content (AvgIpc) is 3.35. The molecule has 1 amide bonds. The van der Waals surface area contributed by atoms with Crippen molar-refractivity contribution in [2.24, 2.45) is 0 Å². The first-order valence-corrected chi connectivity index (χ1v) is 10.9. The Bertz CT molecular complexity index is 1010. The van der Waals surface area contributed by atoms with E-state index < -0.39 is 17.9 Å². The van der Waals surface area contributed by atoms with Crippen molar-refractivity contribution < 1.29 is 18.7 Å². The fraction of sp³-hybridized carbons (Fsp3) is 0.320. The lowest BCUT2D eigenvalue weighted by Crippen LogP contribution is -2.43. The highest BCUT2D eigenvalue weighted by Gasteiger charge is 2.26. The van der Waals surface area contributed by atoms with Crippen LogP contribution in [-0.4, -0.2) is 36.0 Å². The fourth-order valence-electron chi connectivity index (χ4n) is 3.75. The summed E-state index contributed by atoms with van der Waals surface area (Å²) in [5.41, 5.74) is 1.97. The van der Waals surface area contributed by atoms with Gasteiger partial charge >= 0.3 is 5.97 Å². The lowest BCUT2D eigenvalue weighted by molar-refractivity contribution is -0.147. The van der Waals surface area contributed by atoms with Crippen molar-refractivity contribution in [3.05, 3.63) is 89.6 Å². The number of hydrogen-bond acceptors (Lipinski definition) is 6. The molecule has 32 heavy (non-hydrogen) atoms. The average molecular weight is 434 g/mol. The molecule has 2 heterocycles. The summed E-state index contributed by atoms with van der Waals surface area (Å²) in [4.78, 5) is 30.1. The molecule has 1 aromatic heterocycles. The molecule has 1 aliphatic rings. The van der Waals surface area contributed by atoms with E-state index in [0.29, 0.717) is 12.3 Å². The maximum atomic E-state index is 12.9. The van der Waals surface area contributed by atoms with Crippen molar-refractivity contribution in [3.8, 4) is 0 Å². The van der Waals surface area contributed by atoms with E-state index in [1.165, 1.54) is 6.26 Å². The number of oxazole rings is 1. The monoisotopic (exact) mass is 433 g/mol. The van der Waals surface area contributed by atoms with Gasteiger partial charge in [0.25, 0.3) is 5.91 Å².